The van der Waals surface area contributed by atoms with Crippen molar-refractivity contribution >= 4 is 5.91 Å². The van der Waals surface area contributed by atoms with E-state index in [9.17, 15) is 4.79 Å². The van der Waals surface area contributed by atoms with Gasteiger partial charge in [-0.1, -0.05) is 6.07 Å². The zero-order valence-corrected chi connectivity index (χ0v) is 10.8. The fourth-order valence-corrected chi connectivity index (χ4v) is 1.28. The Bertz CT molecular complexity index is 343. The highest BCUT2D eigenvalue weighted by Crippen LogP contribution is 1.97. The van der Waals surface area contributed by atoms with E-state index in [2.05, 4.69) is 15.6 Å². The summed E-state index contributed by atoms with van der Waals surface area (Å²) in [6, 6.07) is 5.79. The van der Waals surface area contributed by atoms with Crippen molar-refractivity contribution in [2.75, 3.05) is 13.1 Å². The van der Waals surface area contributed by atoms with Gasteiger partial charge < -0.3 is 10.6 Å². The summed E-state index contributed by atoms with van der Waals surface area (Å²) in [6.45, 7) is 7.09. The van der Waals surface area contributed by atoms with Crippen molar-refractivity contribution in [3.05, 3.63) is 30.1 Å². The minimum atomic E-state index is -0.0294. The molecule has 0 aliphatic carbocycles. The molecule has 4 heteroatoms. The van der Waals surface area contributed by atoms with Crippen LogP contribution in [0.15, 0.2) is 24.4 Å². The van der Waals surface area contributed by atoms with Gasteiger partial charge in [-0.3, -0.25) is 9.78 Å². The van der Waals surface area contributed by atoms with Gasteiger partial charge in [-0.2, -0.15) is 0 Å². The van der Waals surface area contributed by atoms with Crippen molar-refractivity contribution in [1.29, 1.82) is 0 Å². The first-order valence-corrected chi connectivity index (χ1v) is 5.89. The number of nitrogens with one attached hydrogen (secondary N) is 2. The Kier molecular flexibility index (Phi) is 5.10. The van der Waals surface area contributed by atoms with Crippen LogP contribution < -0.4 is 10.6 Å². The van der Waals surface area contributed by atoms with Crippen LogP contribution in [0.3, 0.4) is 0 Å². The van der Waals surface area contributed by atoms with Crippen LogP contribution in [-0.2, 0) is 11.2 Å². The van der Waals surface area contributed by atoms with Crippen LogP contribution >= 0.6 is 0 Å². The molecule has 0 saturated carbocycles. The molecule has 2 N–H and O–H groups in total. The minimum absolute atomic E-state index is 0.0239. The zero-order valence-electron chi connectivity index (χ0n) is 10.8. The van der Waals surface area contributed by atoms with Gasteiger partial charge in [0.05, 0.1) is 6.54 Å². The van der Waals surface area contributed by atoms with E-state index < -0.39 is 0 Å². The van der Waals surface area contributed by atoms with Crippen molar-refractivity contribution in [3.8, 4) is 0 Å². The molecule has 1 rings (SSSR count). The molecule has 1 aromatic rings. The maximum atomic E-state index is 11.5. The number of carbonyl (C=O) groups excluding carboxylic acids is 1. The second-order valence-corrected chi connectivity index (χ2v) is 5.02. The van der Waals surface area contributed by atoms with Gasteiger partial charge in [0.25, 0.3) is 0 Å². The number of hydrogen-bond donors (Lipinski definition) is 2. The van der Waals surface area contributed by atoms with Gasteiger partial charge >= 0.3 is 0 Å². The van der Waals surface area contributed by atoms with Gasteiger partial charge in [-0.05, 0) is 32.9 Å². The average molecular weight is 235 g/mol. The number of amides is 1. The van der Waals surface area contributed by atoms with Gasteiger partial charge in [0.2, 0.25) is 5.91 Å². The molecule has 0 atom stereocenters. The summed E-state index contributed by atoms with van der Waals surface area (Å²) in [5.74, 6) is 0.0239. The Morgan fingerprint density at radius 2 is 2.12 bits per heavy atom. The molecule has 0 saturated heterocycles. The van der Waals surface area contributed by atoms with Gasteiger partial charge in [-0.25, -0.2) is 0 Å². The van der Waals surface area contributed by atoms with E-state index in [-0.39, 0.29) is 11.4 Å². The van der Waals surface area contributed by atoms with E-state index in [0.717, 1.165) is 12.1 Å². The average Bonchev–Trinajstić information content (AvgIpc) is 2.27. The minimum Gasteiger partial charge on any atom is -0.355 e. The highest BCUT2D eigenvalue weighted by molar-refractivity contribution is 5.78. The smallest absolute Gasteiger partial charge is 0.233 e. The fourth-order valence-electron chi connectivity index (χ4n) is 1.28. The molecule has 0 spiro atoms. The lowest BCUT2D eigenvalue weighted by Crippen LogP contribution is -2.43. The molecule has 1 heterocycles. The van der Waals surface area contributed by atoms with Gasteiger partial charge in [-0.15, -0.1) is 0 Å². The molecule has 0 aromatic carbocycles. The van der Waals surface area contributed by atoms with Crippen molar-refractivity contribution in [2.24, 2.45) is 0 Å². The topological polar surface area (TPSA) is 54.0 Å². The molecular formula is C13H21N3O. The van der Waals surface area contributed by atoms with Crippen LogP contribution in [0.5, 0.6) is 0 Å². The molecule has 1 aromatic heterocycles. The number of pyridine rings is 1. The second-order valence-electron chi connectivity index (χ2n) is 5.02. The van der Waals surface area contributed by atoms with E-state index in [1.807, 2.05) is 39.0 Å². The van der Waals surface area contributed by atoms with E-state index >= 15 is 0 Å². The van der Waals surface area contributed by atoms with Gasteiger partial charge in [0.15, 0.2) is 0 Å². The maximum Gasteiger partial charge on any atom is 0.233 e. The van der Waals surface area contributed by atoms with E-state index in [4.69, 9.17) is 0 Å². The van der Waals surface area contributed by atoms with E-state index in [1.54, 1.807) is 6.20 Å². The second kappa shape index (κ2) is 6.35. The molecule has 0 radical (unpaired) electrons. The first-order valence-electron chi connectivity index (χ1n) is 5.89. The standard InChI is InChI=1S/C13H21N3O/c1-13(2,3)16-10-12(17)15-9-7-11-6-4-5-8-14-11/h4-6,8,16H,7,9-10H2,1-3H3,(H,15,17). The van der Waals surface area contributed by atoms with E-state index in [1.165, 1.54) is 0 Å². The lowest BCUT2D eigenvalue weighted by atomic mass is 10.1. The van der Waals surface area contributed by atoms with Crippen LogP contribution in [0.1, 0.15) is 26.5 Å². The molecule has 17 heavy (non-hydrogen) atoms. The van der Waals surface area contributed by atoms with Crippen molar-refractivity contribution in [2.45, 2.75) is 32.7 Å². The summed E-state index contributed by atoms with van der Waals surface area (Å²) in [5, 5.41) is 6.00. The number of hydrogen-bond acceptors (Lipinski definition) is 3. The first kappa shape index (κ1) is 13.6. The molecular weight excluding hydrogens is 214 g/mol. The zero-order chi connectivity index (χ0) is 12.7. The SMILES string of the molecule is CC(C)(C)NCC(=O)NCCc1ccccn1. The van der Waals surface area contributed by atoms with Crippen LogP contribution in [0.4, 0.5) is 0 Å². The molecule has 1 amide bonds. The summed E-state index contributed by atoms with van der Waals surface area (Å²) in [4.78, 5) is 15.7. The van der Waals surface area contributed by atoms with Crippen LogP contribution in [0, 0.1) is 0 Å². The number of rotatable bonds is 5. The first-order chi connectivity index (χ1) is 7.97. The molecule has 94 valence electrons. The Morgan fingerprint density at radius 3 is 2.71 bits per heavy atom. The van der Waals surface area contributed by atoms with Gasteiger partial charge in [0.1, 0.15) is 0 Å². The summed E-state index contributed by atoms with van der Waals surface area (Å²) in [6.07, 6.45) is 2.53. The lowest BCUT2D eigenvalue weighted by molar-refractivity contribution is -0.120. The Hall–Kier alpha value is -1.42. The van der Waals surface area contributed by atoms with Crippen molar-refractivity contribution in [3.63, 3.8) is 0 Å². The third-order valence-electron chi connectivity index (χ3n) is 2.21. The highest BCUT2D eigenvalue weighted by Gasteiger charge is 2.10. The van der Waals surface area contributed by atoms with Crippen LogP contribution in [0.25, 0.3) is 0 Å². The molecule has 0 aliphatic rings. The summed E-state index contributed by atoms with van der Waals surface area (Å²) in [7, 11) is 0. The number of nitrogens with zero attached hydrogens (tertiary/aromatic N) is 1. The predicted octanol–water partition coefficient (Wildman–Crippen LogP) is 1.13. The molecule has 4 nitrogen and oxygen atoms in total. The Labute approximate surface area is 103 Å². The van der Waals surface area contributed by atoms with Crippen molar-refractivity contribution in [1.82, 2.24) is 15.6 Å². The normalized spacial score (nSPS) is 11.2. The molecule has 0 fully saturated rings. The summed E-state index contributed by atoms with van der Waals surface area (Å²) in [5.41, 5.74) is 0.967. The quantitative estimate of drug-likeness (QED) is 0.804. The highest BCUT2D eigenvalue weighted by atomic mass is 16.1. The lowest BCUT2D eigenvalue weighted by Gasteiger charge is -2.19. The predicted molar refractivity (Wildman–Crippen MR) is 68.7 cm³/mol. The van der Waals surface area contributed by atoms with Crippen molar-refractivity contribution < 1.29 is 4.79 Å². The number of aromatic nitrogens is 1. The molecule has 0 aliphatic heterocycles. The third-order valence-corrected chi connectivity index (χ3v) is 2.21. The van der Waals surface area contributed by atoms with Crippen LogP contribution in [-0.4, -0.2) is 29.5 Å². The Morgan fingerprint density at radius 1 is 1.35 bits per heavy atom. The Balaban J connectivity index is 2.17. The largest absolute Gasteiger partial charge is 0.355 e. The van der Waals surface area contributed by atoms with E-state index in [0.29, 0.717) is 13.1 Å². The fraction of sp³-hybridized carbons (Fsp3) is 0.538. The summed E-state index contributed by atoms with van der Waals surface area (Å²) >= 11 is 0. The third kappa shape index (κ3) is 6.68. The van der Waals surface area contributed by atoms with Gasteiger partial charge in [0, 0.05) is 30.4 Å². The monoisotopic (exact) mass is 235 g/mol. The maximum absolute atomic E-state index is 11.5. The summed E-state index contributed by atoms with van der Waals surface area (Å²) < 4.78 is 0. The number of carbonyl (C=O) groups is 1. The molecule has 0 bridgehead atoms. The molecule has 0 unspecified atom stereocenters. The van der Waals surface area contributed by atoms with Crippen LogP contribution in [0.2, 0.25) is 0 Å².